The molecule has 6 atom stereocenters. The molecule has 4 aromatic rings. The van der Waals surface area contributed by atoms with Gasteiger partial charge in [0.15, 0.2) is 5.82 Å². The Labute approximate surface area is 307 Å². The van der Waals surface area contributed by atoms with E-state index in [1.165, 1.54) is 20.3 Å². The Morgan fingerprint density at radius 3 is 2.13 bits per heavy atom. The number of likely N-dealkylation sites (tertiary alicyclic amines) is 2. The summed E-state index contributed by atoms with van der Waals surface area (Å²) in [5.41, 5.74) is 2.41. The molecule has 1 unspecified atom stereocenters. The van der Waals surface area contributed by atoms with Crippen molar-refractivity contribution >= 4 is 17.9 Å². The van der Waals surface area contributed by atoms with E-state index in [1.54, 1.807) is 60.6 Å². The predicted octanol–water partition coefficient (Wildman–Crippen LogP) is 4.63. The van der Waals surface area contributed by atoms with Gasteiger partial charge in [0.1, 0.15) is 23.5 Å². The number of hydrogen-bond donors (Lipinski definition) is 3. The van der Waals surface area contributed by atoms with Crippen molar-refractivity contribution in [2.75, 3.05) is 34.4 Å². The van der Waals surface area contributed by atoms with Crippen LogP contribution in [0.25, 0.3) is 34.0 Å². The Hall–Kier alpha value is -5.22. The van der Waals surface area contributed by atoms with E-state index in [4.69, 9.17) is 19.2 Å². The molecule has 16 heteroatoms. The molecule has 2 saturated heterocycles. The number of methoxy groups -OCH3 is 3. The van der Waals surface area contributed by atoms with Crippen LogP contribution >= 0.6 is 0 Å². The summed E-state index contributed by atoms with van der Waals surface area (Å²) in [6, 6.07) is 4.92. The number of aromatic amines is 2. The molecule has 0 aliphatic carbocycles. The third kappa shape index (κ3) is 7.78. The molecule has 15 nitrogen and oxygen atoms in total. The Kier molecular flexibility index (Phi) is 11.5. The normalized spacial score (nSPS) is 19.5. The summed E-state index contributed by atoms with van der Waals surface area (Å²) in [7, 11) is 4.26. The molecule has 3 N–H and O–H groups in total. The molecule has 2 fully saturated rings. The van der Waals surface area contributed by atoms with Gasteiger partial charge in [0, 0.05) is 44.6 Å². The maximum atomic E-state index is 15.7. The molecule has 281 valence electrons. The Bertz CT molecular complexity index is 1930. The fourth-order valence-electron chi connectivity index (χ4n) is 6.89. The van der Waals surface area contributed by atoms with Crippen molar-refractivity contribution in [3.63, 3.8) is 0 Å². The first-order valence-corrected chi connectivity index (χ1v) is 17.6. The van der Waals surface area contributed by atoms with Gasteiger partial charge in [-0.3, -0.25) is 9.59 Å². The molecule has 3 aromatic heterocycles. The zero-order valence-electron chi connectivity index (χ0n) is 30.5. The van der Waals surface area contributed by atoms with Crippen LogP contribution in [-0.4, -0.2) is 110 Å². The maximum absolute atomic E-state index is 15.7. The highest BCUT2D eigenvalue weighted by Crippen LogP contribution is 2.35. The Morgan fingerprint density at radius 2 is 1.51 bits per heavy atom. The lowest BCUT2D eigenvalue weighted by molar-refractivity contribution is -0.139. The fraction of sp³-hybridized carbons (Fsp3) is 0.459. The molecule has 1 aromatic carbocycles. The van der Waals surface area contributed by atoms with Crippen LogP contribution in [-0.2, 0) is 23.8 Å². The van der Waals surface area contributed by atoms with Gasteiger partial charge < -0.3 is 39.3 Å². The number of imidazole rings is 2. The van der Waals surface area contributed by atoms with Crippen molar-refractivity contribution in [2.24, 2.45) is 5.92 Å². The summed E-state index contributed by atoms with van der Waals surface area (Å²) in [6.45, 7) is 8.60. The average molecular weight is 731 g/mol. The third-order valence-corrected chi connectivity index (χ3v) is 10.2. The Morgan fingerprint density at radius 1 is 0.887 bits per heavy atom. The number of ether oxygens (including phenoxy) is 3. The lowest BCUT2D eigenvalue weighted by Crippen LogP contribution is -2.54. The molecule has 6 rings (SSSR count). The highest BCUT2D eigenvalue weighted by atomic mass is 19.1. The number of benzene rings is 1. The first-order valence-electron chi connectivity index (χ1n) is 17.6. The zero-order chi connectivity index (χ0) is 37.8. The Balaban J connectivity index is 1.17. The van der Waals surface area contributed by atoms with Gasteiger partial charge in [0.05, 0.1) is 66.8 Å². The van der Waals surface area contributed by atoms with Crippen molar-refractivity contribution in [3.05, 3.63) is 67.2 Å². The number of carbonyl (C=O) groups is 3. The second-order valence-electron chi connectivity index (χ2n) is 13.3. The number of hydrogen-bond acceptors (Lipinski definition) is 10. The minimum atomic E-state index is -0.945. The van der Waals surface area contributed by atoms with Crippen LogP contribution in [0, 0.1) is 18.7 Å². The summed E-state index contributed by atoms with van der Waals surface area (Å²) in [5, 5.41) is 2.59. The van der Waals surface area contributed by atoms with Crippen LogP contribution in [0.3, 0.4) is 0 Å². The van der Waals surface area contributed by atoms with Gasteiger partial charge in [-0.1, -0.05) is 6.07 Å². The summed E-state index contributed by atoms with van der Waals surface area (Å²) in [5.74, 6) is 0.0285. The number of nitrogens with one attached hydrogen (secondary N) is 3. The van der Waals surface area contributed by atoms with E-state index < -0.39 is 30.0 Å². The van der Waals surface area contributed by atoms with E-state index in [0.717, 1.165) is 19.3 Å². The predicted molar refractivity (Wildman–Crippen MR) is 191 cm³/mol. The molecular weight excluding hydrogens is 685 g/mol. The molecule has 0 bridgehead atoms. The van der Waals surface area contributed by atoms with Crippen molar-refractivity contribution in [1.82, 2.24) is 45.0 Å². The van der Waals surface area contributed by atoms with Crippen molar-refractivity contribution in [1.29, 1.82) is 0 Å². The van der Waals surface area contributed by atoms with Gasteiger partial charge in [-0.15, -0.1) is 0 Å². The zero-order valence-corrected chi connectivity index (χ0v) is 30.5. The molecule has 5 heterocycles. The molecular formula is C37H45FN9O6. The highest BCUT2D eigenvalue weighted by Gasteiger charge is 2.39. The van der Waals surface area contributed by atoms with Crippen LogP contribution in [0.5, 0.6) is 0 Å². The quantitative estimate of drug-likeness (QED) is 0.186. The molecule has 0 saturated carbocycles. The first kappa shape index (κ1) is 37.5. The van der Waals surface area contributed by atoms with Crippen molar-refractivity contribution in [3.8, 4) is 34.0 Å². The summed E-state index contributed by atoms with van der Waals surface area (Å²) < 4.78 is 31.1. The van der Waals surface area contributed by atoms with E-state index >= 15 is 4.39 Å². The monoisotopic (exact) mass is 730 g/mol. The minimum Gasteiger partial charge on any atom is -0.453 e. The van der Waals surface area contributed by atoms with Gasteiger partial charge in [0.2, 0.25) is 11.8 Å². The number of alkyl carbamates (subject to hydrolysis) is 1. The second-order valence-corrected chi connectivity index (χ2v) is 13.3. The number of H-pyrrole nitrogens is 2. The van der Waals surface area contributed by atoms with Crippen LogP contribution in [0.2, 0.25) is 0 Å². The van der Waals surface area contributed by atoms with E-state index in [0.29, 0.717) is 65.2 Å². The average Bonchev–Trinajstić information content (AvgIpc) is 4.02. The number of aromatic nitrogens is 6. The number of halogens is 1. The van der Waals surface area contributed by atoms with E-state index in [9.17, 15) is 14.4 Å². The smallest absolute Gasteiger partial charge is 0.407 e. The number of rotatable bonds is 12. The SMILES string of the molecule is [CH2][C@H](C(=O)N1CCC[C@H]1c1ncc(-c2ccc(-c3nccc(-c4cnc([C@@H]5CCCN5C(=O)[C@@H](NC(=O)OC)C(C)OC)[nH]4)n3)cc2F)[nH]1)[C@@H](C)OC. The maximum Gasteiger partial charge on any atom is 0.407 e. The second kappa shape index (κ2) is 16.2. The van der Waals surface area contributed by atoms with Gasteiger partial charge in [-0.25, -0.2) is 29.1 Å². The van der Waals surface area contributed by atoms with Crippen molar-refractivity contribution in [2.45, 2.75) is 69.9 Å². The van der Waals surface area contributed by atoms with Gasteiger partial charge in [-0.2, -0.15) is 0 Å². The lowest BCUT2D eigenvalue weighted by Gasteiger charge is -2.30. The van der Waals surface area contributed by atoms with Crippen LogP contribution < -0.4 is 5.32 Å². The molecule has 2 aliphatic rings. The standard InChI is InChI=1S/C37H45FN9O6/c1-20(21(2)51-4)35(48)46-15-7-9-29(46)33-40-18-27(43-33)24-12-11-23(17-25(24)38)32-39-14-13-26(42-32)28-19-41-34(44-28)30-10-8-16-47(30)36(49)31(22(3)52-5)45-37(50)53-6/h11-14,17-22,29-31H,1,7-10,15-16H2,2-6H3,(H,40,43)(H,41,44)(H,45,50)/t20-,21+,22?,29-,30-,31-/m0/s1. The van der Waals surface area contributed by atoms with E-state index in [2.05, 4.69) is 37.2 Å². The topological polar surface area (TPSA) is 181 Å². The minimum absolute atomic E-state index is 0.102. The summed E-state index contributed by atoms with van der Waals surface area (Å²) in [6.07, 6.45) is 6.14. The third-order valence-electron chi connectivity index (χ3n) is 10.2. The molecule has 3 amide bonds. The van der Waals surface area contributed by atoms with Gasteiger partial charge >= 0.3 is 6.09 Å². The van der Waals surface area contributed by atoms with Gasteiger partial charge in [0.25, 0.3) is 0 Å². The van der Waals surface area contributed by atoms with Crippen molar-refractivity contribution < 1.29 is 33.0 Å². The molecule has 1 radical (unpaired) electrons. The molecule has 0 spiro atoms. The van der Waals surface area contributed by atoms with Crippen LogP contribution in [0.15, 0.2) is 42.9 Å². The van der Waals surface area contributed by atoms with Gasteiger partial charge in [-0.05, 0) is 64.7 Å². The van der Waals surface area contributed by atoms with Crippen LogP contribution in [0.1, 0.15) is 63.3 Å². The van der Waals surface area contributed by atoms with E-state index in [1.807, 2.05) is 6.92 Å². The number of amides is 3. The number of carbonyl (C=O) groups excluding carboxylic acids is 3. The van der Waals surface area contributed by atoms with E-state index in [-0.39, 0.29) is 30.0 Å². The fourth-order valence-corrected chi connectivity index (χ4v) is 6.89. The lowest BCUT2D eigenvalue weighted by atomic mass is 10.0. The largest absolute Gasteiger partial charge is 0.453 e. The molecule has 53 heavy (non-hydrogen) atoms. The highest BCUT2D eigenvalue weighted by molar-refractivity contribution is 5.87. The number of nitrogens with zero attached hydrogens (tertiary/aromatic N) is 6. The van der Waals surface area contributed by atoms with Crippen LogP contribution in [0.4, 0.5) is 9.18 Å². The molecule has 2 aliphatic heterocycles. The first-order chi connectivity index (χ1) is 25.5. The summed E-state index contributed by atoms with van der Waals surface area (Å²) >= 11 is 0. The summed E-state index contributed by atoms with van der Waals surface area (Å²) in [4.78, 5) is 67.0.